The molecule has 1 amide bonds. The van der Waals surface area contributed by atoms with Gasteiger partial charge in [-0.2, -0.15) is 0 Å². The predicted molar refractivity (Wildman–Crippen MR) is 120 cm³/mol. The lowest BCUT2D eigenvalue weighted by Crippen LogP contribution is -2.37. The Bertz CT molecular complexity index is 1190. The van der Waals surface area contributed by atoms with Crippen LogP contribution in [0.5, 0.6) is 11.5 Å². The molecule has 2 aromatic rings. The molecular formula is C24H23N3O7. The van der Waals surface area contributed by atoms with Crippen LogP contribution in [0.4, 0.5) is 5.69 Å². The number of amides is 1. The number of hydrogen-bond donors (Lipinski definition) is 1. The highest BCUT2D eigenvalue weighted by molar-refractivity contribution is 6.46. The minimum atomic E-state index is -0.867. The van der Waals surface area contributed by atoms with Crippen molar-refractivity contribution in [2.24, 2.45) is 0 Å². The van der Waals surface area contributed by atoms with Gasteiger partial charge in [-0.1, -0.05) is 0 Å². The number of rotatable bonds is 6. The van der Waals surface area contributed by atoms with E-state index in [4.69, 9.17) is 9.47 Å². The number of aliphatic hydroxyl groups is 1. The summed E-state index contributed by atoms with van der Waals surface area (Å²) in [7, 11) is 0. The molecule has 0 spiro atoms. The fourth-order valence-electron chi connectivity index (χ4n) is 4.69. The molecule has 0 radical (unpaired) electrons. The van der Waals surface area contributed by atoms with Crippen molar-refractivity contribution in [1.29, 1.82) is 0 Å². The van der Waals surface area contributed by atoms with Crippen LogP contribution < -0.4 is 9.47 Å². The molecule has 0 bridgehead atoms. The van der Waals surface area contributed by atoms with Crippen molar-refractivity contribution in [3.05, 3.63) is 69.3 Å². The Balaban J connectivity index is 1.56. The zero-order valence-corrected chi connectivity index (χ0v) is 18.3. The van der Waals surface area contributed by atoms with Gasteiger partial charge in [0.1, 0.15) is 5.76 Å². The van der Waals surface area contributed by atoms with Crippen LogP contribution in [0.25, 0.3) is 5.76 Å². The van der Waals surface area contributed by atoms with E-state index in [1.54, 1.807) is 18.2 Å². The lowest BCUT2D eigenvalue weighted by Gasteiger charge is -2.27. The summed E-state index contributed by atoms with van der Waals surface area (Å²) in [4.78, 5) is 40.5. The number of Topliss-reactive ketones (excluding diaryl/α,β-unsaturated/α-hetero) is 1. The van der Waals surface area contributed by atoms with Gasteiger partial charge in [0.2, 0.25) is 6.79 Å². The highest BCUT2D eigenvalue weighted by atomic mass is 16.7. The lowest BCUT2D eigenvalue weighted by atomic mass is 9.95. The number of likely N-dealkylation sites (tertiary alicyclic amines) is 2. The van der Waals surface area contributed by atoms with Gasteiger partial charge in [0.05, 0.1) is 16.5 Å². The number of nitrogens with zero attached hydrogens (tertiary/aromatic N) is 3. The van der Waals surface area contributed by atoms with E-state index < -0.39 is 22.7 Å². The Hall–Kier alpha value is -3.92. The fraction of sp³-hybridized carbons (Fsp3) is 0.333. The number of ether oxygens (including phenoxy) is 2. The summed E-state index contributed by atoms with van der Waals surface area (Å²) in [5.41, 5.74) is 0.662. The molecule has 2 saturated heterocycles. The van der Waals surface area contributed by atoms with Crippen molar-refractivity contribution >= 4 is 23.1 Å². The molecule has 1 N–H and O–H groups in total. The summed E-state index contributed by atoms with van der Waals surface area (Å²) in [6, 6.07) is 9.60. The van der Waals surface area contributed by atoms with Crippen LogP contribution in [-0.2, 0) is 9.59 Å². The molecule has 10 heteroatoms. The third-order valence-electron chi connectivity index (χ3n) is 6.46. The summed E-state index contributed by atoms with van der Waals surface area (Å²) in [6.07, 6.45) is 2.18. The summed E-state index contributed by atoms with van der Waals surface area (Å²) < 4.78 is 10.7. The molecule has 10 nitrogen and oxygen atoms in total. The number of fused-ring (bicyclic) bond motifs is 1. The van der Waals surface area contributed by atoms with E-state index in [-0.39, 0.29) is 23.8 Å². The Kier molecular flexibility index (Phi) is 5.66. The molecule has 34 heavy (non-hydrogen) atoms. The van der Waals surface area contributed by atoms with Gasteiger partial charge in [0.15, 0.2) is 11.5 Å². The molecule has 2 aromatic carbocycles. The van der Waals surface area contributed by atoms with E-state index in [1.165, 1.54) is 29.2 Å². The number of ketones is 1. The van der Waals surface area contributed by atoms with Gasteiger partial charge >= 0.3 is 0 Å². The monoisotopic (exact) mass is 465 g/mol. The lowest BCUT2D eigenvalue weighted by molar-refractivity contribution is -0.384. The van der Waals surface area contributed by atoms with Crippen LogP contribution >= 0.6 is 0 Å². The third-order valence-corrected chi connectivity index (χ3v) is 6.46. The van der Waals surface area contributed by atoms with Gasteiger partial charge in [-0.3, -0.25) is 19.7 Å². The number of nitro benzene ring substituents is 1. The molecule has 1 atom stereocenters. The Morgan fingerprint density at radius 3 is 2.44 bits per heavy atom. The maximum absolute atomic E-state index is 13.1. The van der Waals surface area contributed by atoms with Crippen molar-refractivity contribution in [3.8, 4) is 11.5 Å². The molecule has 176 valence electrons. The Labute approximate surface area is 195 Å². The smallest absolute Gasteiger partial charge is 0.295 e. The van der Waals surface area contributed by atoms with E-state index >= 15 is 0 Å². The Morgan fingerprint density at radius 1 is 1.03 bits per heavy atom. The van der Waals surface area contributed by atoms with Crippen LogP contribution in [0.15, 0.2) is 48.0 Å². The largest absolute Gasteiger partial charge is 0.507 e. The first-order valence-electron chi connectivity index (χ1n) is 11.1. The fourth-order valence-corrected chi connectivity index (χ4v) is 4.69. The average Bonchev–Trinajstić information content (AvgIpc) is 3.58. The van der Waals surface area contributed by atoms with Crippen molar-refractivity contribution in [2.75, 3.05) is 33.0 Å². The van der Waals surface area contributed by atoms with Gasteiger partial charge in [-0.15, -0.1) is 0 Å². The molecule has 0 aromatic heterocycles. The second-order valence-electron chi connectivity index (χ2n) is 8.46. The predicted octanol–water partition coefficient (Wildman–Crippen LogP) is 2.84. The molecule has 0 aliphatic carbocycles. The molecule has 2 fully saturated rings. The molecule has 5 rings (SSSR count). The molecular weight excluding hydrogens is 442 g/mol. The maximum Gasteiger partial charge on any atom is 0.295 e. The normalized spacial score (nSPS) is 21.4. The first-order valence-corrected chi connectivity index (χ1v) is 11.1. The summed E-state index contributed by atoms with van der Waals surface area (Å²) >= 11 is 0. The first kappa shape index (κ1) is 21.9. The van der Waals surface area contributed by atoms with Gasteiger partial charge in [0.25, 0.3) is 17.4 Å². The van der Waals surface area contributed by atoms with E-state index in [9.17, 15) is 24.8 Å². The maximum atomic E-state index is 13.1. The zero-order valence-electron chi connectivity index (χ0n) is 18.3. The number of nitro groups is 1. The topological polar surface area (TPSA) is 122 Å². The van der Waals surface area contributed by atoms with Crippen molar-refractivity contribution in [3.63, 3.8) is 0 Å². The van der Waals surface area contributed by atoms with Crippen LogP contribution in [0, 0.1) is 10.1 Å². The summed E-state index contributed by atoms with van der Waals surface area (Å²) in [5, 5.41) is 22.3. The first-order chi connectivity index (χ1) is 16.4. The molecule has 1 unspecified atom stereocenters. The van der Waals surface area contributed by atoms with E-state index in [2.05, 4.69) is 4.90 Å². The van der Waals surface area contributed by atoms with Crippen molar-refractivity contribution < 1.29 is 29.1 Å². The highest BCUT2D eigenvalue weighted by Gasteiger charge is 2.46. The van der Waals surface area contributed by atoms with Crippen molar-refractivity contribution in [2.45, 2.75) is 18.9 Å². The van der Waals surface area contributed by atoms with Crippen LogP contribution in [-0.4, -0.2) is 64.5 Å². The van der Waals surface area contributed by atoms with Gasteiger partial charge in [0, 0.05) is 30.8 Å². The Morgan fingerprint density at radius 2 is 1.74 bits per heavy atom. The molecule has 3 aliphatic heterocycles. The van der Waals surface area contributed by atoms with Crippen molar-refractivity contribution in [1.82, 2.24) is 9.80 Å². The van der Waals surface area contributed by atoms with Crippen LogP contribution in [0.3, 0.4) is 0 Å². The van der Waals surface area contributed by atoms with E-state index in [0.29, 0.717) is 35.7 Å². The number of carbonyl (C=O) groups is 2. The van der Waals surface area contributed by atoms with Gasteiger partial charge in [-0.05, 0) is 61.8 Å². The van der Waals surface area contributed by atoms with Gasteiger partial charge in [-0.25, -0.2) is 0 Å². The summed E-state index contributed by atoms with van der Waals surface area (Å²) in [5.74, 6) is -0.873. The van der Waals surface area contributed by atoms with E-state index in [0.717, 1.165) is 25.9 Å². The second kappa shape index (κ2) is 8.79. The summed E-state index contributed by atoms with van der Waals surface area (Å²) in [6.45, 7) is 2.82. The van der Waals surface area contributed by atoms with Crippen LogP contribution in [0.2, 0.25) is 0 Å². The SMILES string of the molecule is O=C1C(=O)N(CCN2CCCC2)C(c2ccc([N+](=O)[O-])cc2)/C1=C(\O)c1ccc2c(c1)OCO2. The standard InChI is InChI=1S/C24H23N3O7/c28-22(16-5-8-18-19(13-16)34-14-33-18)20-21(15-3-6-17(7-4-15)27(31)32)26(24(30)23(20)29)12-11-25-9-1-2-10-25/h3-8,13,21,28H,1-2,9-12,14H2/b22-20+. The molecule has 3 heterocycles. The average molecular weight is 465 g/mol. The quantitative estimate of drug-likeness (QED) is 0.227. The third kappa shape index (κ3) is 3.86. The number of hydrogen-bond acceptors (Lipinski definition) is 8. The molecule has 3 aliphatic rings. The number of carbonyl (C=O) groups excluding carboxylic acids is 2. The highest BCUT2D eigenvalue weighted by Crippen LogP contribution is 2.41. The molecule has 0 saturated carbocycles. The zero-order chi connectivity index (χ0) is 23.8. The number of benzene rings is 2. The van der Waals surface area contributed by atoms with E-state index in [1.807, 2.05) is 0 Å². The minimum Gasteiger partial charge on any atom is -0.507 e. The second-order valence-corrected chi connectivity index (χ2v) is 8.46. The minimum absolute atomic E-state index is 0.0564. The van der Waals surface area contributed by atoms with Crippen LogP contribution in [0.1, 0.15) is 30.0 Å². The number of aliphatic hydroxyl groups excluding tert-OH is 1. The van der Waals surface area contributed by atoms with Gasteiger partial charge < -0.3 is 24.4 Å². The number of non-ortho nitro benzene ring substituents is 1.